The van der Waals surface area contributed by atoms with E-state index in [9.17, 15) is 9.59 Å². The van der Waals surface area contributed by atoms with Crippen molar-refractivity contribution in [2.24, 2.45) is 5.41 Å². The van der Waals surface area contributed by atoms with Crippen LogP contribution in [-0.2, 0) is 16.1 Å². The highest BCUT2D eigenvalue weighted by molar-refractivity contribution is 6.05. The van der Waals surface area contributed by atoms with Gasteiger partial charge in [-0.3, -0.25) is 14.5 Å². The number of hydrogen-bond acceptors (Lipinski definition) is 3. The van der Waals surface area contributed by atoms with Crippen LogP contribution in [0.4, 0.5) is 0 Å². The molecule has 3 rings (SSSR count). The van der Waals surface area contributed by atoms with Crippen molar-refractivity contribution in [1.82, 2.24) is 14.9 Å². The fraction of sp³-hybridized carbons (Fsp3) is 0.643. The minimum atomic E-state index is -0.395. The number of rotatable bonds is 2. The number of carbonyl (C=O) groups excluding carboxylic acids is 2. The lowest BCUT2D eigenvalue weighted by atomic mass is 9.79. The highest BCUT2D eigenvalue weighted by Crippen LogP contribution is 2.44. The van der Waals surface area contributed by atoms with E-state index in [0.29, 0.717) is 13.0 Å². The van der Waals surface area contributed by atoms with Gasteiger partial charge in [0.05, 0.1) is 24.0 Å². The van der Waals surface area contributed by atoms with Gasteiger partial charge in [0.1, 0.15) is 0 Å². The van der Waals surface area contributed by atoms with Crippen molar-refractivity contribution < 1.29 is 9.59 Å². The summed E-state index contributed by atoms with van der Waals surface area (Å²) in [6, 6.07) is 0. The van der Waals surface area contributed by atoms with E-state index in [1.807, 2.05) is 0 Å². The highest BCUT2D eigenvalue weighted by Gasteiger charge is 2.50. The first-order valence-electron chi connectivity index (χ1n) is 7.03. The molecule has 0 aromatic carbocycles. The van der Waals surface area contributed by atoms with Crippen molar-refractivity contribution in [3.05, 3.63) is 18.2 Å². The van der Waals surface area contributed by atoms with Crippen LogP contribution in [0.15, 0.2) is 12.5 Å². The van der Waals surface area contributed by atoms with Gasteiger partial charge in [-0.15, -0.1) is 0 Å². The SMILES string of the molecule is O=C1CC2(CCCCCC2)C(=O)N1Cc1cnc[nH]1. The van der Waals surface area contributed by atoms with Gasteiger partial charge >= 0.3 is 0 Å². The van der Waals surface area contributed by atoms with Crippen molar-refractivity contribution in [3.8, 4) is 0 Å². The molecular formula is C14H19N3O2. The zero-order valence-electron chi connectivity index (χ0n) is 11.0. The first kappa shape index (κ1) is 12.4. The summed E-state index contributed by atoms with van der Waals surface area (Å²) < 4.78 is 0. The monoisotopic (exact) mass is 261 g/mol. The second-order valence-corrected chi connectivity index (χ2v) is 5.73. The predicted octanol–water partition coefficient (Wildman–Crippen LogP) is 2.01. The Kier molecular flexibility index (Phi) is 3.12. The summed E-state index contributed by atoms with van der Waals surface area (Å²) in [5, 5.41) is 0. The second kappa shape index (κ2) is 4.79. The fourth-order valence-corrected chi connectivity index (χ4v) is 3.36. The molecule has 0 unspecified atom stereocenters. The van der Waals surface area contributed by atoms with E-state index in [1.165, 1.54) is 17.7 Å². The van der Waals surface area contributed by atoms with E-state index in [-0.39, 0.29) is 11.8 Å². The predicted molar refractivity (Wildman–Crippen MR) is 68.9 cm³/mol. The van der Waals surface area contributed by atoms with Crippen LogP contribution in [0.2, 0.25) is 0 Å². The normalized spacial score (nSPS) is 23.1. The molecule has 1 aromatic rings. The van der Waals surface area contributed by atoms with Crippen LogP contribution < -0.4 is 0 Å². The first-order valence-corrected chi connectivity index (χ1v) is 7.03. The van der Waals surface area contributed by atoms with Gasteiger partial charge in [-0.1, -0.05) is 25.7 Å². The Morgan fingerprint density at radius 3 is 2.58 bits per heavy atom. The molecule has 1 aliphatic heterocycles. The number of H-pyrrole nitrogens is 1. The van der Waals surface area contributed by atoms with Gasteiger partial charge in [-0.25, -0.2) is 4.98 Å². The standard InChI is InChI=1S/C14H19N3O2/c18-12-7-14(5-3-1-2-4-6-14)13(19)17(12)9-11-8-15-10-16-11/h8,10H,1-7,9H2,(H,15,16). The Balaban J connectivity index is 1.80. The van der Waals surface area contributed by atoms with Crippen molar-refractivity contribution in [2.75, 3.05) is 0 Å². The average Bonchev–Trinajstić information content (AvgIpc) is 2.89. The molecule has 1 N–H and O–H groups in total. The molecule has 1 aromatic heterocycles. The van der Waals surface area contributed by atoms with Crippen LogP contribution >= 0.6 is 0 Å². The summed E-state index contributed by atoms with van der Waals surface area (Å²) in [7, 11) is 0. The van der Waals surface area contributed by atoms with Crippen LogP contribution in [0.25, 0.3) is 0 Å². The fourth-order valence-electron chi connectivity index (χ4n) is 3.36. The van der Waals surface area contributed by atoms with Crippen molar-refractivity contribution in [1.29, 1.82) is 0 Å². The number of likely N-dealkylation sites (tertiary alicyclic amines) is 1. The Morgan fingerprint density at radius 1 is 1.21 bits per heavy atom. The topological polar surface area (TPSA) is 66.1 Å². The number of aromatic nitrogens is 2. The summed E-state index contributed by atoms with van der Waals surface area (Å²) in [4.78, 5) is 33.1. The van der Waals surface area contributed by atoms with Crippen LogP contribution in [0.5, 0.6) is 0 Å². The number of nitrogens with zero attached hydrogens (tertiary/aromatic N) is 2. The van der Waals surface area contributed by atoms with Gasteiger partial charge in [0.15, 0.2) is 0 Å². The molecule has 1 saturated heterocycles. The van der Waals surface area contributed by atoms with E-state index in [4.69, 9.17) is 0 Å². The van der Waals surface area contributed by atoms with Crippen molar-refractivity contribution >= 4 is 11.8 Å². The maximum Gasteiger partial charge on any atom is 0.236 e. The lowest BCUT2D eigenvalue weighted by Gasteiger charge is -2.24. The maximum absolute atomic E-state index is 12.6. The number of carbonyl (C=O) groups is 2. The molecule has 5 nitrogen and oxygen atoms in total. The van der Waals surface area contributed by atoms with E-state index < -0.39 is 5.41 Å². The molecule has 2 amide bonds. The second-order valence-electron chi connectivity index (χ2n) is 5.73. The highest BCUT2D eigenvalue weighted by atomic mass is 16.2. The first-order chi connectivity index (χ1) is 9.21. The number of imide groups is 1. The molecule has 2 heterocycles. The van der Waals surface area contributed by atoms with Gasteiger partial charge < -0.3 is 4.98 Å². The molecule has 1 saturated carbocycles. The quantitative estimate of drug-likeness (QED) is 0.828. The smallest absolute Gasteiger partial charge is 0.236 e. The third-order valence-corrected chi connectivity index (χ3v) is 4.43. The number of amides is 2. The third-order valence-electron chi connectivity index (χ3n) is 4.43. The van der Waals surface area contributed by atoms with Crippen LogP contribution in [0.1, 0.15) is 50.6 Å². The number of hydrogen-bond donors (Lipinski definition) is 1. The minimum Gasteiger partial charge on any atom is -0.347 e. The van der Waals surface area contributed by atoms with E-state index in [2.05, 4.69) is 9.97 Å². The van der Waals surface area contributed by atoms with Gasteiger partial charge in [-0.05, 0) is 12.8 Å². The van der Waals surface area contributed by atoms with Crippen LogP contribution in [0.3, 0.4) is 0 Å². The van der Waals surface area contributed by atoms with Gasteiger partial charge in [-0.2, -0.15) is 0 Å². The Labute approximate surface area is 112 Å². The largest absolute Gasteiger partial charge is 0.347 e. The summed E-state index contributed by atoms with van der Waals surface area (Å²) >= 11 is 0. The van der Waals surface area contributed by atoms with Crippen LogP contribution in [-0.4, -0.2) is 26.7 Å². The van der Waals surface area contributed by atoms with Crippen molar-refractivity contribution in [3.63, 3.8) is 0 Å². The summed E-state index contributed by atoms with van der Waals surface area (Å²) in [6.07, 6.45) is 9.88. The molecule has 5 heteroatoms. The van der Waals surface area contributed by atoms with Crippen LogP contribution in [0, 0.1) is 5.41 Å². The zero-order valence-corrected chi connectivity index (χ0v) is 11.0. The Hall–Kier alpha value is -1.65. The van der Waals surface area contributed by atoms with E-state index in [0.717, 1.165) is 31.4 Å². The minimum absolute atomic E-state index is 0.0264. The van der Waals surface area contributed by atoms with Gasteiger partial charge in [0.25, 0.3) is 0 Å². The molecule has 2 fully saturated rings. The van der Waals surface area contributed by atoms with E-state index in [1.54, 1.807) is 12.5 Å². The maximum atomic E-state index is 12.6. The third kappa shape index (κ3) is 2.17. The molecule has 0 radical (unpaired) electrons. The molecular weight excluding hydrogens is 242 g/mol. The number of imidazole rings is 1. The Morgan fingerprint density at radius 2 is 1.95 bits per heavy atom. The molecule has 19 heavy (non-hydrogen) atoms. The molecule has 1 aliphatic carbocycles. The average molecular weight is 261 g/mol. The van der Waals surface area contributed by atoms with Crippen molar-refractivity contribution in [2.45, 2.75) is 51.5 Å². The molecule has 102 valence electrons. The molecule has 0 bridgehead atoms. The van der Waals surface area contributed by atoms with Gasteiger partial charge in [0, 0.05) is 12.6 Å². The number of aromatic amines is 1. The van der Waals surface area contributed by atoms with E-state index >= 15 is 0 Å². The lowest BCUT2D eigenvalue weighted by Crippen LogP contribution is -2.35. The summed E-state index contributed by atoms with van der Waals surface area (Å²) in [5.74, 6) is 0.00972. The summed E-state index contributed by atoms with van der Waals surface area (Å²) in [5.41, 5.74) is 0.417. The summed E-state index contributed by atoms with van der Waals surface area (Å²) in [6.45, 7) is 0.333. The molecule has 0 atom stereocenters. The molecule has 1 spiro atoms. The van der Waals surface area contributed by atoms with Gasteiger partial charge in [0.2, 0.25) is 11.8 Å². The molecule has 2 aliphatic rings. The zero-order chi connectivity index (χ0) is 13.3. The lowest BCUT2D eigenvalue weighted by molar-refractivity contribution is -0.142. The Bertz CT molecular complexity index is 473. The number of nitrogens with one attached hydrogen (secondary N) is 1.